The van der Waals surface area contributed by atoms with Crippen LogP contribution in [0.25, 0.3) is 0 Å². The maximum Gasteiger partial charge on any atom is 0.0680 e. The quantitative estimate of drug-likeness (QED) is 0.623. The zero-order chi connectivity index (χ0) is 9.73. The number of hydrogen-bond donors (Lipinski definition) is 0. The minimum Gasteiger partial charge on any atom is -0.372 e. The molecule has 1 unspecified atom stereocenters. The first-order valence-corrected chi connectivity index (χ1v) is 7.49. The van der Waals surface area contributed by atoms with E-state index in [-0.39, 0.29) is 5.60 Å². The third-order valence-corrected chi connectivity index (χ3v) is 4.40. The van der Waals surface area contributed by atoms with E-state index in [2.05, 4.69) is 20.8 Å². The Kier molecular flexibility index (Phi) is 4.98. The molecule has 3 heteroatoms. The highest BCUT2D eigenvalue weighted by Crippen LogP contribution is 2.30. The Labute approximate surface area is 89.8 Å². The highest BCUT2D eigenvalue weighted by atomic mass is 33.1. The Morgan fingerprint density at radius 3 is 2.62 bits per heavy atom. The predicted octanol–water partition coefficient (Wildman–Crippen LogP) is 3.74. The van der Waals surface area contributed by atoms with Gasteiger partial charge in [-0.15, -0.1) is 0 Å². The summed E-state index contributed by atoms with van der Waals surface area (Å²) in [5, 5.41) is 0. The van der Waals surface area contributed by atoms with Gasteiger partial charge in [0.15, 0.2) is 0 Å². The SMILES string of the molecule is CC(C)(C)OC1CCCCSSC1. The average molecular weight is 220 g/mol. The molecule has 1 atom stereocenters. The summed E-state index contributed by atoms with van der Waals surface area (Å²) >= 11 is 0. The highest BCUT2D eigenvalue weighted by Gasteiger charge is 2.19. The molecule has 0 radical (unpaired) electrons. The molecule has 1 fully saturated rings. The minimum absolute atomic E-state index is 0.0229. The highest BCUT2D eigenvalue weighted by molar-refractivity contribution is 8.76. The lowest BCUT2D eigenvalue weighted by Gasteiger charge is -2.28. The molecule has 1 nitrogen and oxygen atoms in total. The predicted molar refractivity (Wildman–Crippen MR) is 63.4 cm³/mol. The molecule has 13 heavy (non-hydrogen) atoms. The summed E-state index contributed by atoms with van der Waals surface area (Å²) in [6.07, 6.45) is 4.39. The van der Waals surface area contributed by atoms with Crippen LogP contribution in [0.15, 0.2) is 0 Å². The van der Waals surface area contributed by atoms with Gasteiger partial charge in [-0.25, -0.2) is 0 Å². The van der Waals surface area contributed by atoms with Crippen molar-refractivity contribution in [3.8, 4) is 0 Å². The molecule has 1 rings (SSSR count). The van der Waals surface area contributed by atoms with E-state index in [4.69, 9.17) is 4.74 Å². The van der Waals surface area contributed by atoms with Gasteiger partial charge in [-0.1, -0.05) is 21.6 Å². The molecule has 1 heterocycles. The Morgan fingerprint density at radius 1 is 1.15 bits per heavy atom. The van der Waals surface area contributed by atoms with Crippen LogP contribution in [0.2, 0.25) is 0 Å². The summed E-state index contributed by atoms with van der Waals surface area (Å²) in [4.78, 5) is 0. The minimum atomic E-state index is 0.0229. The van der Waals surface area contributed by atoms with Gasteiger partial charge in [0.25, 0.3) is 0 Å². The lowest BCUT2D eigenvalue weighted by molar-refractivity contribution is -0.0525. The van der Waals surface area contributed by atoms with Crippen LogP contribution in [0.3, 0.4) is 0 Å². The van der Waals surface area contributed by atoms with E-state index in [9.17, 15) is 0 Å². The molecule has 78 valence electrons. The normalized spacial score (nSPS) is 26.5. The van der Waals surface area contributed by atoms with Crippen LogP contribution in [0.5, 0.6) is 0 Å². The standard InChI is InChI=1S/C10H20OS2/c1-10(2,3)11-9-6-4-5-7-12-13-8-9/h9H,4-8H2,1-3H3. The summed E-state index contributed by atoms with van der Waals surface area (Å²) in [6.45, 7) is 6.43. The third kappa shape index (κ3) is 5.87. The summed E-state index contributed by atoms with van der Waals surface area (Å²) in [5.41, 5.74) is 0.0229. The van der Waals surface area contributed by atoms with E-state index < -0.39 is 0 Å². The zero-order valence-corrected chi connectivity index (χ0v) is 10.5. The number of hydrogen-bond acceptors (Lipinski definition) is 3. The van der Waals surface area contributed by atoms with Crippen molar-refractivity contribution in [1.29, 1.82) is 0 Å². The lowest BCUT2D eigenvalue weighted by Crippen LogP contribution is -2.29. The first kappa shape index (κ1) is 11.7. The van der Waals surface area contributed by atoms with Crippen molar-refractivity contribution >= 4 is 21.6 Å². The van der Waals surface area contributed by atoms with Crippen molar-refractivity contribution in [2.45, 2.75) is 51.7 Å². The molecule has 0 aliphatic carbocycles. The van der Waals surface area contributed by atoms with Crippen molar-refractivity contribution in [2.24, 2.45) is 0 Å². The van der Waals surface area contributed by atoms with Gasteiger partial charge >= 0.3 is 0 Å². The van der Waals surface area contributed by atoms with Gasteiger partial charge in [0.2, 0.25) is 0 Å². The van der Waals surface area contributed by atoms with Gasteiger partial charge < -0.3 is 4.74 Å². The second kappa shape index (κ2) is 5.52. The van der Waals surface area contributed by atoms with Crippen molar-refractivity contribution in [3.63, 3.8) is 0 Å². The van der Waals surface area contributed by atoms with E-state index in [1.807, 2.05) is 21.6 Å². The Hall–Kier alpha value is 0.660. The molecule has 0 spiro atoms. The van der Waals surface area contributed by atoms with Gasteiger partial charge in [0.1, 0.15) is 0 Å². The second-order valence-corrected chi connectivity index (χ2v) is 7.08. The maximum atomic E-state index is 5.98. The lowest BCUT2D eigenvalue weighted by atomic mass is 10.1. The van der Waals surface area contributed by atoms with Gasteiger partial charge in [0.05, 0.1) is 11.7 Å². The Bertz CT molecular complexity index is 134. The van der Waals surface area contributed by atoms with Crippen LogP contribution in [-0.2, 0) is 4.74 Å². The van der Waals surface area contributed by atoms with Gasteiger partial charge in [-0.2, -0.15) is 0 Å². The fraction of sp³-hybridized carbons (Fsp3) is 1.00. The topological polar surface area (TPSA) is 9.23 Å². The summed E-state index contributed by atoms with van der Waals surface area (Å²) in [5.74, 6) is 2.47. The Morgan fingerprint density at radius 2 is 1.92 bits per heavy atom. The van der Waals surface area contributed by atoms with Crippen molar-refractivity contribution in [2.75, 3.05) is 11.5 Å². The molecule has 0 aromatic heterocycles. The fourth-order valence-electron chi connectivity index (χ4n) is 1.39. The molecule has 0 aromatic carbocycles. The molecule has 0 saturated carbocycles. The molecule has 1 aliphatic heterocycles. The van der Waals surface area contributed by atoms with Crippen LogP contribution in [0.1, 0.15) is 40.0 Å². The summed E-state index contributed by atoms with van der Waals surface area (Å²) in [7, 11) is 3.97. The molecule has 0 bridgehead atoms. The first-order chi connectivity index (χ1) is 6.08. The molecule has 1 saturated heterocycles. The summed E-state index contributed by atoms with van der Waals surface area (Å²) < 4.78 is 5.98. The van der Waals surface area contributed by atoms with Crippen LogP contribution in [0.4, 0.5) is 0 Å². The first-order valence-electron chi connectivity index (χ1n) is 5.00. The summed E-state index contributed by atoms with van der Waals surface area (Å²) in [6, 6.07) is 0. The van der Waals surface area contributed by atoms with Crippen molar-refractivity contribution in [1.82, 2.24) is 0 Å². The van der Waals surface area contributed by atoms with Crippen molar-refractivity contribution < 1.29 is 4.74 Å². The third-order valence-electron chi connectivity index (χ3n) is 1.86. The molecule has 0 aromatic rings. The van der Waals surface area contributed by atoms with E-state index in [1.54, 1.807) is 0 Å². The van der Waals surface area contributed by atoms with E-state index in [0.717, 1.165) is 5.75 Å². The maximum absolute atomic E-state index is 5.98. The van der Waals surface area contributed by atoms with Crippen LogP contribution < -0.4 is 0 Å². The van der Waals surface area contributed by atoms with E-state index >= 15 is 0 Å². The molecular formula is C10H20OS2. The average Bonchev–Trinajstić information content (AvgIpc) is 1.92. The smallest absolute Gasteiger partial charge is 0.0680 e. The van der Waals surface area contributed by atoms with Crippen LogP contribution >= 0.6 is 21.6 Å². The molecule has 1 aliphatic rings. The van der Waals surface area contributed by atoms with E-state index in [0.29, 0.717) is 6.10 Å². The van der Waals surface area contributed by atoms with Crippen LogP contribution in [0, 0.1) is 0 Å². The Balaban J connectivity index is 2.29. The van der Waals surface area contributed by atoms with Gasteiger partial charge in [-0.05, 0) is 40.0 Å². The monoisotopic (exact) mass is 220 g/mol. The zero-order valence-electron chi connectivity index (χ0n) is 8.84. The number of rotatable bonds is 1. The van der Waals surface area contributed by atoms with Gasteiger partial charge in [-0.3, -0.25) is 0 Å². The number of ether oxygens (including phenoxy) is 1. The molecular weight excluding hydrogens is 200 g/mol. The molecule has 0 amide bonds. The van der Waals surface area contributed by atoms with Gasteiger partial charge in [0, 0.05) is 11.5 Å². The fourth-order valence-corrected chi connectivity index (χ4v) is 3.77. The largest absolute Gasteiger partial charge is 0.372 e. The van der Waals surface area contributed by atoms with E-state index in [1.165, 1.54) is 25.0 Å². The van der Waals surface area contributed by atoms with Crippen molar-refractivity contribution in [3.05, 3.63) is 0 Å². The second-order valence-electron chi connectivity index (χ2n) is 4.45. The molecule has 0 N–H and O–H groups in total. The van der Waals surface area contributed by atoms with Crippen LogP contribution in [-0.4, -0.2) is 23.2 Å².